The van der Waals surface area contributed by atoms with E-state index in [2.05, 4.69) is 24.8 Å². The molecule has 1 amide bonds. The molecule has 14 nitrogen and oxygen atoms in total. The van der Waals surface area contributed by atoms with E-state index in [0.717, 1.165) is 12.1 Å². The molecule has 0 radical (unpaired) electrons. The maximum Gasteiger partial charge on any atom is 0.469 e. The second-order valence-corrected chi connectivity index (χ2v) is 9.20. The van der Waals surface area contributed by atoms with Gasteiger partial charge in [0.2, 0.25) is 11.9 Å². The van der Waals surface area contributed by atoms with E-state index in [-0.39, 0.29) is 29.4 Å². The van der Waals surface area contributed by atoms with E-state index in [1.54, 1.807) is 11.8 Å². The number of H-pyrrole nitrogens is 1. The van der Waals surface area contributed by atoms with Gasteiger partial charge < -0.3 is 24.7 Å². The lowest BCUT2D eigenvalue weighted by atomic mass is 10.1. The third-order valence-electron chi connectivity index (χ3n) is 4.39. The predicted octanol–water partition coefficient (Wildman–Crippen LogP) is -1.07. The molecule has 1 fully saturated rings. The minimum Gasteiger partial charge on any atom is -0.387 e. The highest BCUT2D eigenvalue weighted by molar-refractivity contribution is 7.99. The zero-order valence-electron chi connectivity index (χ0n) is 16.2. The number of carbonyl (C=O) groups excluding carboxylic acids is 1. The van der Waals surface area contributed by atoms with E-state index >= 15 is 0 Å². The molecule has 2 aromatic heterocycles. The number of phosphoric acid groups is 1. The zero-order valence-corrected chi connectivity index (χ0v) is 18.0. The topological polar surface area (TPSA) is 209 Å². The molecule has 3 heterocycles. The van der Waals surface area contributed by atoms with Crippen molar-refractivity contribution in [1.82, 2.24) is 19.5 Å². The fraction of sp³-hybridized carbons (Fsp3) is 0.600. The first-order valence-corrected chi connectivity index (χ1v) is 11.9. The summed E-state index contributed by atoms with van der Waals surface area (Å²) in [5.41, 5.74) is -0.772. The number of imidazole rings is 1. The van der Waals surface area contributed by atoms with Crippen molar-refractivity contribution >= 4 is 42.6 Å². The largest absolute Gasteiger partial charge is 0.469 e. The second-order valence-electron chi connectivity index (χ2n) is 6.57. The molecule has 0 unspecified atom stereocenters. The van der Waals surface area contributed by atoms with Gasteiger partial charge in [-0.3, -0.25) is 29.0 Å². The van der Waals surface area contributed by atoms with Crippen LogP contribution in [0.25, 0.3) is 11.2 Å². The van der Waals surface area contributed by atoms with Gasteiger partial charge in [0, 0.05) is 12.2 Å². The number of hydrogen-bond donors (Lipinski definition) is 6. The van der Waals surface area contributed by atoms with Crippen molar-refractivity contribution in [3.05, 3.63) is 16.7 Å². The minimum absolute atomic E-state index is 0.0326. The van der Waals surface area contributed by atoms with Crippen LogP contribution in [0.3, 0.4) is 0 Å². The monoisotopic (exact) mass is 479 g/mol. The zero-order chi connectivity index (χ0) is 22.8. The van der Waals surface area contributed by atoms with Crippen molar-refractivity contribution in [2.45, 2.75) is 37.9 Å². The van der Waals surface area contributed by atoms with Crippen molar-refractivity contribution in [3.8, 4) is 0 Å². The molecule has 4 atom stereocenters. The van der Waals surface area contributed by atoms with Crippen LogP contribution in [0.2, 0.25) is 0 Å². The standard InChI is InChI=1S/C15H22N5O9PS/c1-2-31-4-3-8(21)17-15-18-12-9(13(24)19-15)16-6-20(12)14-11(23)10(22)7(29-14)5-28-30(25,26)27/h6-7,10-11,14,22-23H,2-5H2,1H3,(H2,25,26,27)(H2,17,18,19,21,24)/t7-,10-,11-,14-/m1/s1. The van der Waals surface area contributed by atoms with E-state index in [1.165, 1.54) is 4.57 Å². The molecule has 1 saturated heterocycles. The van der Waals surface area contributed by atoms with Gasteiger partial charge in [0.05, 0.1) is 12.9 Å². The number of anilines is 1. The molecule has 172 valence electrons. The summed E-state index contributed by atoms with van der Waals surface area (Å²) in [6.45, 7) is 1.28. The third kappa shape index (κ3) is 5.70. The first kappa shape index (κ1) is 23.8. The van der Waals surface area contributed by atoms with Crippen LogP contribution in [-0.2, 0) is 18.6 Å². The second kappa shape index (κ2) is 9.75. The molecule has 31 heavy (non-hydrogen) atoms. The predicted molar refractivity (Wildman–Crippen MR) is 108 cm³/mol. The van der Waals surface area contributed by atoms with Crippen LogP contribution >= 0.6 is 19.6 Å². The number of phosphoric ester groups is 1. The number of ether oxygens (including phenoxy) is 1. The Morgan fingerprint density at radius 3 is 2.84 bits per heavy atom. The number of nitrogens with one attached hydrogen (secondary N) is 2. The van der Waals surface area contributed by atoms with Crippen LogP contribution in [0, 0.1) is 0 Å². The minimum atomic E-state index is -4.81. The SMILES string of the molecule is CCSCCC(=O)Nc1nc2c(ncn2[C@@H]2O[C@H](COP(=O)(O)O)[C@@H](O)[C@H]2O)c(=O)[nH]1. The molecule has 0 saturated carbocycles. The van der Waals surface area contributed by atoms with Crippen molar-refractivity contribution in [3.63, 3.8) is 0 Å². The van der Waals surface area contributed by atoms with Gasteiger partial charge in [-0.1, -0.05) is 6.92 Å². The quantitative estimate of drug-likeness (QED) is 0.188. The summed E-state index contributed by atoms with van der Waals surface area (Å²) in [6.07, 6.45) is -4.23. The molecule has 3 rings (SSSR count). The number of thioether (sulfide) groups is 1. The van der Waals surface area contributed by atoms with Crippen LogP contribution in [-0.4, -0.2) is 81.9 Å². The van der Waals surface area contributed by atoms with Crippen molar-refractivity contribution in [2.75, 3.05) is 23.4 Å². The summed E-state index contributed by atoms with van der Waals surface area (Å²) in [5.74, 6) is 0.991. The first-order chi connectivity index (χ1) is 14.6. The molecule has 2 aromatic rings. The summed E-state index contributed by atoms with van der Waals surface area (Å²) in [4.78, 5) is 52.4. The lowest BCUT2D eigenvalue weighted by molar-refractivity contribution is -0.115. The highest BCUT2D eigenvalue weighted by Crippen LogP contribution is 2.38. The molecule has 0 aromatic carbocycles. The van der Waals surface area contributed by atoms with Gasteiger partial charge in [0.25, 0.3) is 5.56 Å². The number of aliphatic hydroxyl groups is 2. The Bertz CT molecular complexity index is 1040. The average molecular weight is 479 g/mol. The Balaban J connectivity index is 1.82. The molecule has 6 N–H and O–H groups in total. The highest BCUT2D eigenvalue weighted by atomic mass is 32.2. The lowest BCUT2D eigenvalue weighted by Gasteiger charge is -2.16. The van der Waals surface area contributed by atoms with Crippen molar-refractivity contribution < 1.29 is 38.6 Å². The molecule has 0 spiro atoms. The Morgan fingerprint density at radius 1 is 1.42 bits per heavy atom. The molecule has 16 heteroatoms. The van der Waals surface area contributed by atoms with E-state index in [1.807, 2.05) is 6.92 Å². The van der Waals surface area contributed by atoms with Crippen LogP contribution in [0.15, 0.2) is 11.1 Å². The van der Waals surface area contributed by atoms with Gasteiger partial charge in [0.1, 0.15) is 18.3 Å². The van der Waals surface area contributed by atoms with E-state index in [9.17, 15) is 24.4 Å². The van der Waals surface area contributed by atoms with E-state index in [0.29, 0.717) is 5.75 Å². The Morgan fingerprint density at radius 2 is 2.16 bits per heavy atom. The van der Waals surface area contributed by atoms with Crippen LogP contribution < -0.4 is 10.9 Å². The van der Waals surface area contributed by atoms with E-state index < -0.39 is 44.5 Å². The summed E-state index contributed by atoms with van der Waals surface area (Å²) in [6, 6.07) is 0. The van der Waals surface area contributed by atoms with Crippen molar-refractivity contribution in [2.24, 2.45) is 0 Å². The molecule has 0 bridgehead atoms. The first-order valence-electron chi connectivity index (χ1n) is 9.17. The number of fused-ring (bicyclic) bond motifs is 1. The molecule has 1 aliphatic heterocycles. The smallest absolute Gasteiger partial charge is 0.387 e. The van der Waals surface area contributed by atoms with Gasteiger partial charge in [-0.2, -0.15) is 16.7 Å². The summed E-state index contributed by atoms with van der Waals surface area (Å²) < 4.78 is 21.9. The van der Waals surface area contributed by atoms with Gasteiger partial charge in [-0.25, -0.2) is 9.55 Å². The number of aliphatic hydroxyl groups excluding tert-OH is 2. The van der Waals surface area contributed by atoms with Gasteiger partial charge in [0.15, 0.2) is 17.4 Å². The highest BCUT2D eigenvalue weighted by Gasteiger charge is 2.45. The fourth-order valence-electron chi connectivity index (χ4n) is 2.94. The van der Waals surface area contributed by atoms with E-state index in [4.69, 9.17) is 14.5 Å². The molecular weight excluding hydrogens is 457 g/mol. The molecular formula is C15H22N5O9PS. The fourth-order valence-corrected chi connectivity index (χ4v) is 3.90. The maximum absolute atomic E-state index is 12.3. The number of rotatable bonds is 9. The number of amides is 1. The number of hydrogen-bond acceptors (Lipinski definition) is 10. The third-order valence-corrected chi connectivity index (χ3v) is 5.77. The van der Waals surface area contributed by atoms with Gasteiger partial charge in [-0.15, -0.1) is 0 Å². The Labute approximate surface area is 179 Å². The van der Waals surface area contributed by atoms with Crippen molar-refractivity contribution in [1.29, 1.82) is 0 Å². The summed E-state index contributed by atoms with van der Waals surface area (Å²) in [5, 5.41) is 23.0. The molecule has 1 aliphatic rings. The Hall–Kier alpha value is -1.84. The number of nitrogens with zero attached hydrogens (tertiary/aromatic N) is 3. The Kier molecular flexibility index (Phi) is 7.49. The average Bonchev–Trinajstić information content (AvgIpc) is 3.22. The van der Waals surface area contributed by atoms with Gasteiger partial charge >= 0.3 is 7.82 Å². The number of aromatic nitrogens is 4. The number of aromatic amines is 1. The maximum atomic E-state index is 12.3. The van der Waals surface area contributed by atoms with Gasteiger partial charge in [-0.05, 0) is 5.75 Å². The number of carbonyl (C=O) groups is 1. The van der Waals surface area contributed by atoms with Crippen LogP contribution in [0.4, 0.5) is 5.95 Å². The lowest BCUT2D eigenvalue weighted by Crippen LogP contribution is -2.33. The molecule has 0 aliphatic carbocycles. The summed E-state index contributed by atoms with van der Waals surface area (Å²) >= 11 is 1.58. The van der Waals surface area contributed by atoms with Crippen LogP contribution in [0.1, 0.15) is 19.6 Å². The van der Waals surface area contributed by atoms with Crippen LogP contribution in [0.5, 0.6) is 0 Å². The summed E-state index contributed by atoms with van der Waals surface area (Å²) in [7, 11) is -4.81. The normalized spacial score (nSPS) is 24.0.